The van der Waals surface area contributed by atoms with Crippen LogP contribution in [0.5, 0.6) is 0 Å². The minimum absolute atomic E-state index is 0.417. The molecule has 0 bridgehead atoms. The molecule has 0 aliphatic rings. The van der Waals surface area contributed by atoms with Gasteiger partial charge < -0.3 is 4.42 Å². The molecule has 9 heteroatoms. The molecule has 0 aliphatic heterocycles. The van der Waals surface area contributed by atoms with E-state index in [1.807, 2.05) is 0 Å². The van der Waals surface area contributed by atoms with Gasteiger partial charge in [-0.2, -0.15) is 5.10 Å². The van der Waals surface area contributed by atoms with Gasteiger partial charge in [0.25, 0.3) is 5.22 Å². The van der Waals surface area contributed by atoms with Gasteiger partial charge in [-0.25, -0.2) is 14.6 Å². The lowest BCUT2D eigenvalue weighted by Crippen LogP contribution is -1.99. The fourth-order valence-electron chi connectivity index (χ4n) is 2.47. The maximum Gasteiger partial charge on any atom is 0.277 e. The molecule has 3 aromatic heterocycles. The van der Waals surface area contributed by atoms with Crippen LogP contribution in [0.4, 0.5) is 0 Å². The monoisotopic (exact) mass is 398 g/mol. The van der Waals surface area contributed by atoms with E-state index >= 15 is 0 Å². The van der Waals surface area contributed by atoms with Crippen molar-refractivity contribution < 1.29 is 4.42 Å². The zero-order valence-corrected chi connectivity index (χ0v) is 16.6. The van der Waals surface area contributed by atoms with Gasteiger partial charge >= 0.3 is 0 Å². The molecule has 4 rings (SSSR count). The van der Waals surface area contributed by atoms with Gasteiger partial charge in [0.15, 0.2) is 0 Å². The molecule has 0 atom stereocenters. The Bertz CT molecular complexity index is 991. The van der Waals surface area contributed by atoms with Gasteiger partial charge in [0, 0.05) is 16.7 Å². The first kappa shape index (κ1) is 17.9. The van der Waals surface area contributed by atoms with Crippen molar-refractivity contribution in [1.29, 1.82) is 0 Å². The number of aromatic nitrogens is 6. The molecule has 0 fully saturated rings. The van der Waals surface area contributed by atoms with E-state index < -0.39 is 0 Å². The van der Waals surface area contributed by atoms with Crippen LogP contribution < -0.4 is 0 Å². The van der Waals surface area contributed by atoms with Crippen LogP contribution >= 0.6 is 23.1 Å². The van der Waals surface area contributed by atoms with Crippen LogP contribution in [0.25, 0.3) is 10.6 Å². The van der Waals surface area contributed by atoms with Gasteiger partial charge in [-0.05, 0) is 11.5 Å². The number of thiazole rings is 1. The van der Waals surface area contributed by atoms with Gasteiger partial charge in [-0.15, -0.1) is 21.5 Å². The molecule has 0 spiro atoms. The van der Waals surface area contributed by atoms with Crippen molar-refractivity contribution in [2.45, 2.75) is 37.3 Å². The predicted octanol–water partition coefficient (Wildman–Crippen LogP) is 4.25. The predicted molar refractivity (Wildman–Crippen MR) is 105 cm³/mol. The Morgan fingerprint density at radius 1 is 1.19 bits per heavy atom. The Morgan fingerprint density at radius 2 is 2.04 bits per heavy atom. The molecule has 138 valence electrons. The van der Waals surface area contributed by atoms with Gasteiger partial charge in [-0.1, -0.05) is 49.9 Å². The van der Waals surface area contributed by atoms with Crippen LogP contribution in [0.15, 0.2) is 51.9 Å². The molecule has 7 nitrogen and oxygen atoms in total. The lowest BCUT2D eigenvalue weighted by atomic mass is 10.0. The number of benzene rings is 1. The normalized spacial score (nSPS) is 11.4. The molecule has 0 radical (unpaired) electrons. The number of hydrogen-bond acceptors (Lipinski definition) is 8. The summed E-state index contributed by atoms with van der Waals surface area (Å²) in [5, 5.41) is 15.8. The van der Waals surface area contributed by atoms with Crippen LogP contribution in [0.3, 0.4) is 0 Å². The molecule has 0 unspecified atom stereocenters. The fourth-order valence-corrected chi connectivity index (χ4v) is 4.07. The molecule has 1 aromatic carbocycles. The van der Waals surface area contributed by atoms with Crippen molar-refractivity contribution >= 4 is 23.1 Å². The smallest absolute Gasteiger partial charge is 0.277 e. The molecule has 4 aromatic rings. The zero-order chi connectivity index (χ0) is 18.6. The summed E-state index contributed by atoms with van der Waals surface area (Å²) in [6.07, 6.45) is 3.09. The molecular formula is C18H18N6OS2. The van der Waals surface area contributed by atoms with Crippen molar-refractivity contribution in [3.8, 4) is 10.6 Å². The van der Waals surface area contributed by atoms with Crippen LogP contribution in [0.1, 0.15) is 36.9 Å². The Morgan fingerprint density at radius 3 is 2.78 bits per heavy atom. The van der Waals surface area contributed by atoms with Crippen LogP contribution in [-0.2, 0) is 12.3 Å². The van der Waals surface area contributed by atoms with E-state index in [9.17, 15) is 0 Å². The van der Waals surface area contributed by atoms with Crippen LogP contribution in [-0.4, -0.2) is 29.9 Å². The van der Waals surface area contributed by atoms with Crippen molar-refractivity contribution in [1.82, 2.24) is 29.9 Å². The average molecular weight is 399 g/mol. The van der Waals surface area contributed by atoms with Gasteiger partial charge in [-0.3, -0.25) is 0 Å². The lowest BCUT2D eigenvalue weighted by molar-refractivity contribution is 0.397. The summed E-state index contributed by atoms with van der Waals surface area (Å²) in [5.74, 6) is 1.73. The van der Waals surface area contributed by atoms with Crippen LogP contribution in [0, 0.1) is 0 Å². The number of hydrogen-bond donors (Lipinski definition) is 0. The number of thioether (sulfide) groups is 1. The molecule has 3 heterocycles. The maximum atomic E-state index is 5.63. The van der Waals surface area contributed by atoms with Gasteiger partial charge in [0.2, 0.25) is 5.89 Å². The Hall–Kier alpha value is -2.52. The molecule has 0 saturated carbocycles. The highest BCUT2D eigenvalue weighted by Gasteiger charge is 2.11. The molecule has 27 heavy (non-hydrogen) atoms. The van der Waals surface area contributed by atoms with Gasteiger partial charge in [0.05, 0.1) is 5.69 Å². The second kappa shape index (κ2) is 8.01. The molecule has 0 N–H and O–H groups in total. The van der Waals surface area contributed by atoms with E-state index in [4.69, 9.17) is 9.40 Å². The summed E-state index contributed by atoms with van der Waals surface area (Å²) in [5.41, 5.74) is 3.49. The summed E-state index contributed by atoms with van der Waals surface area (Å²) < 4.78 is 7.27. The maximum absolute atomic E-state index is 5.63. The SMILES string of the molecule is CC(C)c1ccc(-c2nc(CSc3nnc(Cn4cncn4)o3)cs2)cc1. The summed E-state index contributed by atoms with van der Waals surface area (Å²) >= 11 is 3.13. The lowest BCUT2D eigenvalue weighted by Gasteiger charge is -2.05. The largest absolute Gasteiger partial charge is 0.414 e. The fraction of sp³-hybridized carbons (Fsp3) is 0.278. The zero-order valence-electron chi connectivity index (χ0n) is 14.9. The van der Waals surface area contributed by atoms with Gasteiger partial charge in [0.1, 0.15) is 24.2 Å². The first-order valence-electron chi connectivity index (χ1n) is 8.49. The Labute approximate surface area is 164 Å². The molecule has 0 aliphatic carbocycles. The molecule has 0 amide bonds. The minimum Gasteiger partial charge on any atom is -0.414 e. The standard InChI is InChI=1S/C18H18N6OS2/c1-12(2)13-3-5-14(6-4-13)17-21-15(8-26-17)9-27-18-23-22-16(25-18)7-24-11-19-10-20-24/h3-6,8,10-12H,7,9H2,1-2H3. The van der Waals surface area contributed by atoms with E-state index in [0.717, 1.165) is 16.3 Å². The second-order valence-corrected chi connectivity index (χ2v) is 8.05. The summed E-state index contributed by atoms with van der Waals surface area (Å²) in [6, 6.07) is 8.62. The highest BCUT2D eigenvalue weighted by atomic mass is 32.2. The van der Waals surface area contributed by atoms with E-state index in [0.29, 0.717) is 29.3 Å². The second-order valence-electron chi connectivity index (χ2n) is 6.26. The average Bonchev–Trinajstić information content (AvgIpc) is 3.43. The third-order valence-electron chi connectivity index (χ3n) is 3.93. The van der Waals surface area contributed by atoms with E-state index in [-0.39, 0.29) is 0 Å². The van der Waals surface area contributed by atoms with Crippen molar-refractivity contribution in [3.63, 3.8) is 0 Å². The Balaban J connectivity index is 1.36. The summed E-state index contributed by atoms with van der Waals surface area (Å²) in [6.45, 7) is 4.81. The topological polar surface area (TPSA) is 82.5 Å². The van der Waals surface area contributed by atoms with Crippen molar-refractivity contribution in [2.24, 2.45) is 0 Å². The quantitative estimate of drug-likeness (QED) is 0.430. The highest BCUT2D eigenvalue weighted by molar-refractivity contribution is 7.98. The summed E-state index contributed by atoms with van der Waals surface area (Å²) in [7, 11) is 0. The highest BCUT2D eigenvalue weighted by Crippen LogP contribution is 2.28. The number of nitrogens with zero attached hydrogens (tertiary/aromatic N) is 6. The van der Waals surface area contributed by atoms with Crippen LogP contribution in [0.2, 0.25) is 0 Å². The van der Waals surface area contributed by atoms with Crippen molar-refractivity contribution in [2.75, 3.05) is 0 Å². The first-order chi connectivity index (χ1) is 13.2. The van der Waals surface area contributed by atoms with Crippen molar-refractivity contribution in [3.05, 3.63) is 59.4 Å². The first-order valence-corrected chi connectivity index (χ1v) is 10.4. The van der Waals surface area contributed by atoms with E-state index in [1.54, 1.807) is 22.3 Å². The third kappa shape index (κ3) is 4.42. The summed E-state index contributed by atoms with van der Waals surface area (Å²) in [4.78, 5) is 8.61. The molecular weight excluding hydrogens is 380 g/mol. The number of rotatable bonds is 7. The van der Waals surface area contributed by atoms with E-state index in [1.165, 1.54) is 23.7 Å². The van der Waals surface area contributed by atoms with E-state index in [2.05, 4.69) is 63.8 Å². The molecule has 0 saturated heterocycles. The third-order valence-corrected chi connectivity index (χ3v) is 5.72. The Kier molecular flexibility index (Phi) is 5.30. The minimum atomic E-state index is 0.417.